The molecule has 0 radical (unpaired) electrons. The Kier molecular flexibility index (Phi) is 7.88. The van der Waals surface area contributed by atoms with Gasteiger partial charge in [0.1, 0.15) is 5.75 Å². The third kappa shape index (κ3) is 5.75. The number of hydrogen-bond donors (Lipinski definition) is 2. The Hall–Kier alpha value is -3.00. The fourth-order valence-electron chi connectivity index (χ4n) is 2.32. The molecule has 0 saturated heterocycles. The van der Waals surface area contributed by atoms with Crippen LogP contribution in [0.15, 0.2) is 46.9 Å². The van der Waals surface area contributed by atoms with E-state index in [-0.39, 0.29) is 0 Å². The topological polar surface area (TPSA) is 85.9 Å². The Morgan fingerprint density at radius 1 is 1.00 bits per heavy atom. The molecule has 0 fully saturated rings. The molecule has 0 aliphatic carbocycles. The van der Waals surface area contributed by atoms with E-state index in [1.807, 2.05) is 19.1 Å². The number of hydrogen-bond acceptors (Lipinski definition) is 5. The molecule has 0 unspecified atom stereocenters. The number of nitrogens with one attached hydrogen (secondary N) is 2. The second kappa shape index (κ2) is 10.4. The van der Waals surface area contributed by atoms with Crippen LogP contribution in [0, 0.1) is 0 Å². The van der Waals surface area contributed by atoms with Crippen molar-refractivity contribution in [2.24, 2.45) is 0 Å². The van der Waals surface area contributed by atoms with E-state index < -0.39 is 11.8 Å². The maximum atomic E-state index is 12.2. The molecule has 2 aromatic rings. The van der Waals surface area contributed by atoms with Crippen molar-refractivity contribution in [1.29, 1.82) is 0 Å². The molecular weight excluding hydrogens is 428 g/mol. The van der Waals surface area contributed by atoms with Crippen molar-refractivity contribution >= 4 is 33.8 Å². The summed E-state index contributed by atoms with van der Waals surface area (Å²) in [6, 6.07) is 10.2. The molecule has 0 heterocycles. The summed E-state index contributed by atoms with van der Waals surface area (Å²) in [5, 5.41) is 0. The number of amides is 2. The lowest BCUT2D eigenvalue weighted by atomic mass is 10.2. The summed E-state index contributed by atoms with van der Waals surface area (Å²) in [5.74, 6) is 0.619. The number of ether oxygens (including phenoxy) is 3. The van der Waals surface area contributed by atoms with Gasteiger partial charge in [-0.25, -0.2) is 0 Å². The Labute approximate surface area is 171 Å². The highest BCUT2D eigenvalue weighted by Crippen LogP contribution is 2.28. The van der Waals surface area contributed by atoms with E-state index in [4.69, 9.17) is 14.2 Å². The van der Waals surface area contributed by atoms with Crippen LogP contribution in [0.5, 0.6) is 17.2 Å². The third-order valence-corrected chi connectivity index (χ3v) is 4.12. The molecule has 0 bridgehead atoms. The average molecular weight is 449 g/mol. The van der Waals surface area contributed by atoms with Crippen LogP contribution in [0.3, 0.4) is 0 Å². The van der Waals surface area contributed by atoms with E-state index in [0.717, 1.165) is 10.0 Å². The Bertz CT molecular complexity index is 883. The van der Waals surface area contributed by atoms with Crippen molar-refractivity contribution < 1.29 is 23.8 Å². The highest BCUT2D eigenvalue weighted by atomic mass is 79.9. The predicted molar refractivity (Wildman–Crippen MR) is 109 cm³/mol. The maximum absolute atomic E-state index is 12.2. The van der Waals surface area contributed by atoms with Crippen LogP contribution >= 0.6 is 15.9 Å². The van der Waals surface area contributed by atoms with Gasteiger partial charge in [-0.15, -0.1) is 0 Å². The van der Waals surface area contributed by atoms with E-state index in [2.05, 4.69) is 26.8 Å². The smallest absolute Gasteiger partial charge is 0.269 e. The van der Waals surface area contributed by atoms with Crippen molar-refractivity contribution in [1.82, 2.24) is 10.9 Å². The third-order valence-electron chi connectivity index (χ3n) is 3.63. The number of hydrazine groups is 1. The van der Waals surface area contributed by atoms with Gasteiger partial charge in [0.2, 0.25) is 0 Å². The first kappa shape index (κ1) is 21.3. The molecule has 2 N–H and O–H groups in total. The Morgan fingerprint density at radius 3 is 2.39 bits per heavy atom. The van der Waals surface area contributed by atoms with E-state index in [1.165, 1.54) is 19.3 Å². The van der Waals surface area contributed by atoms with Gasteiger partial charge in [-0.1, -0.05) is 15.9 Å². The van der Waals surface area contributed by atoms with Gasteiger partial charge < -0.3 is 14.2 Å². The SMILES string of the molecule is CCOc1ccc(C(=O)NNC(=O)/C=C/c2cc(Br)ccc2OC)cc1OC. The van der Waals surface area contributed by atoms with Crippen molar-refractivity contribution in [3.05, 3.63) is 58.1 Å². The van der Waals surface area contributed by atoms with Crippen LogP contribution in [0.4, 0.5) is 0 Å². The highest BCUT2D eigenvalue weighted by molar-refractivity contribution is 9.10. The van der Waals surface area contributed by atoms with Gasteiger partial charge in [0.25, 0.3) is 11.8 Å². The minimum absolute atomic E-state index is 0.318. The molecule has 0 aliphatic rings. The molecule has 0 spiro atoms. The summed E-state index contributed by atoms with van der Waals surface area (Å²) < 4.78 is 16.7. The minimum Gasteiger partial charge on any atom is -0.496 e. The quantitative estimate of drug-likeness (QED) is 0.501. The lowest BCUT2D eigenvalue weighted by molar-refractivity contribution is -0.117. The van der Waals surface area contributed by atoms with Crippen molar-refractivity contribution in [2.75, 3.05) is 20.8 Å². The molecule has 8 heteroatoms. The van der Waals surface area contributed by atoms with Crippen LogP contribution in [0.2, 0.25) is 0 Å². The summed E-state index contributed by atoms with van der Waals surface area (Å²) in [6.07, 6.45) is 2.88. The fraction of sp³-hybridized carbons (Fsp3) is 0.200. The van der Waals surface area contributed by atoms with Gasteiger partial charge in [0.05, 0.1) is 20.8 Å². The predicted octanol–water partition coefficient (Wildman–Crippen LogP) is 3.34. The molecule has 0 aliphatic heterocycles. The van der Waals surface area contributed by atoms with Gasteiger partial charge >= 0.3 is 0 Å². The van der Waals surface area contributed by atoms with Gasteiger partial charge in [0.15, 0.2) is 11.5 Å². The zero-order valence-corrected chi connectivity index (χ0v) is 17.3. The summed E-state index contributed by atoms with van der Waals surface area (Å²) in [5.41, 5.74) is 5.72. The zero-order valence-electron chi connectivity index (χ0n) is 15.7. The van der Waals surface area contributed by atoms with Crippen LogP contribution in [0.25, 0.3) is 6.08 Å². The van der Waals surface area contributed by atoms with Crippen LogP contribution in [-0.2, 0) is 4.79 Å². The van der Waals surface area contributed by atoms with E-state index >= 15 is 0 Å². The van der Waals surface area contributed by atoms with Gasteiger partial charge in [-0.3, -0.25) is 20.4 Å². The number of carbonyl (C=O) groups excluding carboxylic acids is 2. The summed E-state index contributed by atoms with van der Waals surface area (Å²) in [7, 11) is 3.04. The van der Waals surface area contributed by atoms with Gasteiger partial charge in [-0.2, -0.15) is 0 Å². The second-order valence-corrected chi connectivity index (χ2v) is 6.38. The standard InChI is InChI=1S/C20H21BrN2O5/c1-4-28-17-8-5-14(12-18(17)27-3)20(25)23-22-19(24)10-6-13-11-15(21)7-9-16(13)26-2/h5-12H,4H2,1-3H3,(H,22,24)(H,23,25)/b10-6+. The molecule has 2 aromatic carbocycles. The molecule has 0 atom stereocenters. The zero-order chi connectivity index (χ0) is 20.5. The Balaban J connectivity index is 1.99. The highest BCUT2D eigenvalue weighted by Gasteiger charge is 2.11. The minimum atomic E-state index is -0.492. The molecule has 2 rings (SSSR count). The van der Waals surface area contributed by atoms with Crippen molar-refractivity contribution in [3.63, 3.8) is 0 Å². The lowest BCUT2D eigenvalue weighted by Gasteiger charge is -2.11. The number of carbonyl (C=O) groups is 2. The first-order chi connectivity index (χ1) is 13.5. The molecule has 28 heavy (non-hydrogen) atoms. The molecule has 0 saturated carbocycles. The Morgan fingerprint density at radius 2 is 1.71 bits per heavy atom. The van der Waals surface area contributed by atoms with Crippen LogP contribution in [-0.4, -0.2) is 32.6 Å². The largest absolute Gasteiger partial charge is 0.496 e. The molecule has 2 amide bonds. The van der Waals surface area contributed by atoms with E-state index in [0.29, 0.717) is 29.4 Å². The first-order valence-corrected chi connectivity index (χ1v) is 9.20. The number of methoxy groups -OCH3 is 2. The lowest BCUT2D eigenvalue weighted by Crippen LogP contribution is -2.40. The fourth-order valence-corrected chi connectivity index (χ4v) is 2.70. The molecule has 0 aromatic heterocycles. The van der Waals surface area contributed by atoms with Crippen molar-refractivity contribution in [2.45, 2.75) is 6.92 Å². The van der Waals surface area contributed by atoms with E-state index in [9.17, 15) is 9.59 Å². The van der Waals surface area contributed by atoms with E-state index in [1.54, 1.807) is 31.4 Å². The summed E-state index contributed by atoms with van der Waals surface area (Å²) in [6.45, 7) is 2.33. The number of halogens is 1. The molecular formula is C20H21BrN2O5. The van der Waals surface area contributed by atoms with Crippen LogP contribution < -0.4 is 25.1 Å². The van der Waals surface area contributed by atoms with Crippen molar-refractivity contribution in [3.8, 4) is 17.2 Å². The second-order valence-electron chi connectivity index (χ2n) is 5.46. The average Bonchev–Trinajstić information content (AvgIpc) is 2.71. The molecule has 7 nitrogen and oxygen atoms in total. The number of benzene rings is 2. The monoisotopic (exact) mass is 448 g/mol. The summed E-state index contributed by atoms with van der Waals surface area (Å²) >= 11 is 3.37. The maximum Gasteiger partial charge on any atom is 0.269 e. The number of rotatable bonds is 7. The first-order valence-electron chi connectivity index (χ1n) is 8.41. The van der Waals surface area contributed by atoms with Crippen LogP contribution in [0.1, 0.15) is 22.8 Å². The van der Waals surface area contributed by atoms with Gasteiger partial charge in [0, 0.05) is 21.7 Å². The van der Waals surface area contributed by atoms with Gasteiger partial charge in [-0.05, 0) is 49.4 Å². The molecule has 148 valence electrons. The normalized spacial score (nSPS) is 10.4. The summed E-state index contributed by atoms with van der Waals surface area (Å²) in [4.78, 5) is 24.2.